The van der Waals surface area contributed by atoms with Crippen molar-refractivity contribution in [3.8, 4) is 0 Å². The van der Waals surface area contributed by atoms with E-state index in [0.29, 0.717) is 10.6 Å². The Morgan fingerprint density at radius 2 is 1.58 bits per heavy atom. The average molecular weight is 535 g/mol. The summed E-state index contributed by atoms with van der Waals surface area (Å²) in [5.41, 5.74) is 1.59. The van der Waals surface area contributed by atoms with E-state index in [-0.39, 0.29) is 17.6 Å². The second-order valence-electron chi connectivity index (χ2n) is 9.24. The van der Waals surface area contributed by atoms with Crippen molar-refractivity contribution < 1.29 is 4.79 Å². The number of carbonyl (C=O) groups excluding carboxylic acids is 1. The zero-order valence-electron chi connectivity index (χ0n) is 20.5. The van der Waals surface area contributed by atoms with Gasteiger partial charge in [0.2, 0.25) is 0 Å². The van der Waals surface area contributed by atoms with Gasteiger partial charge in [-0.1, -0.05) is 118 Å². The Balaban J connectivity index is 1.92. The fraction of sp³-hybridized carbons (Fsp3) is 0.586. The molecule has 0 aliphatic carbocycles. The Morgan fingerprint density at radius 1 is 0.939 bits per heavy atom. The van der Waals surface area contributed by atoms with Gasteiger partial charge < -0.3 is 0 Å². The number of halogens is 2. The molecule has 2 nitrogen and oxygen atoms in total. The zero-order valence-corrected chi connectivity index (χ0v) is 22.8. The molecule has 0 fully saturated rings. The molecule has 2 atom stereocenters. The van der Waals surface area contributed by atoms with E-state index in [0.717, 1.165) is 29.3 Å². The van der Waals surface area contributed by atoms with Gasteiger partial charge in [-0.3, -0.25) is 9.78 Å². The van der Waals surface area contributed by atoms with Gasteiger partial charge in [0.25, 0.3) is 0 Å². The molecule has 182 valence electrons. The van der Waals surface area contributed by atoms with Crippen molar-refractivity contribution in [2.45, 2.75) is 103 Å². The molecule has 1 aromatic heterocycles. The van der Waals surface area contributed by atoms with Crippen LogP contribution >= 0.6 is 27.5 Å². The molecule has 0 amide bonds. The summed E-state index contributed by atoms with van der Waals surface area (Å²) in [5, 5.41) is 0.665. The molecule has 0 radical (unpaired) electrons. The molecule has 4 heteroatoms. The standard InChI is InChI=1S/C29H41BrClNO/c1-3-5-6-7-8-9-10-11-12-13-14-16-23(4-2)28(26-21-25(30)18-19-27(26)31)29(33)24-17-15-20-32-22-24/h15,17-23,28H,3-14,16H2,1-2H3. The lowest BCUT2D eigenvalue weighted by Crippen LogP contribution is -2.22. The monoisotopic (exact) mass is 533 g/mol. The quantitative estimate of drug-likeness (QED) is 0.149. The Morgan fingerprint density at radius 3 is 2.15 bits per heavy atom. The number of hydrogen-bond acceptors (Lipinski definition) is 2. The van der Waals surface area contributed by atoms with Crippen LogP contribution < -0.4 is 0 Å². The number of nitrogens with zero attached hydrogens (tertiary/aromatic N) is 1. The largest absolute Gasteiger partial charge is 0.293 e. The second kappa shape index (κ2) is 16.4. The minimum Gasteiger partial charge on any atom is -0.293 e. The Kier molecular flexibility index (Phi) is 14.0. The number of hydrogen-bond donors (Lipinski definition) is 0. The lowest BCUT2D eigenvalue weighted by Gasteiger charge is -2.27. The van der Waals surface area contributed by atoms with E-state index in [9.17, 15) is 4.79 Å². The van der Waals surface area contributed by atoms with Crippen molar-refractivity contribution in [2.75, 3.05) is 0 Å². The van der Waals surface area contributed by atoms with Crippen molar-refractivity contribution in [1.82, 2.24) is 4.98 Å². The van der Waals surface area contributed by atoms with Crippen LogP contribution in [0.3, 0.4) is 0 Å². The number of carbonyl (C=O) groups is 1. The summed E-state index contributed by atoms with van der Waals surface area (Å²) in [7, 11) is 0. The number of pyridine rings is 1. The summed E-state index contributed by atoms with van der Waals surface area (Å²) in [6.07, 6.45) is 20.1. The van der Waals surface area contributed by atoms with Gasteiger partial charge in [-0.05, 0) is 48.2 Å². The van der Waals surface area contributed by atoms with Crippen LogP contribution in [-0.2, 0) is 0 Å². The Bertz CT molecular complexity index is 811. The first-order valence-corrected chi connectivity index (χ1v) is 14.1. The summed E-state index contributed by atoms with van der Waals surface area (Å²) in [6.45, 7) is 4.46. The van der Waals surface area contributed by atoms with Crippen LogP contribution in [-0.4, -0.2) is 10.8 Å². The third-order valence-corrected chi connectivity index (χ3v) is 7.53. The summed E-state index contributed by atoms with van der Waals surface area (Å²) in [6, 6.07) is 9.53. The summed E-state index contributed by atoms with van der Waals surface area (Å²) in [4.78, 5) is 17.8. The molecule has 2 aromatic rings. The highest BCUT2D eigenvalue weighted by molar-refractivity contribution is 9.10. The van der Waals surface area contributed by atoms with Gasteiger partial charge in [0, 0.05) is 27.5 Å². The van der Waals surface area contributed by atoms with Crippen LogP contribution in [0.1, 0.15) is 119 Å². The van der Waals surface area contributed by atoms with Crippen LogP contribution in [0, 0.1) is 5.92 Å². The molecule has 1 heterocycles. The van der Waals surface area contributed by atoms with E-state index in [2.05, 4.69) is 34.8 Å². The number of rotatable bonds is 17. The van der Waals surface area contributed by atoms with Crippen molar-refractivity contribution in [3.05, 3.63) is 63.3 Å². The molecular formula is C29H41BrClNO. The lowest BCUT2D eigenvalue weighted by atomic mass is 9.77. The number of ketones is 1. The van der Waals surface area contributed by atoms with Crippen molar-refractivity contribution in [3.63, 3.8) is 0 Å². The van der Waals surface area contributed by atoms with Gasteiger partial charge in [-0.25, -0.2) is 0 Å². The maximum absolute atomic E-state index is 13.6. The van der Waals surface area contributed by atoms with Gasteiger partial charge in [0.15, 0.2) is 5.78 Å². The number of Topliss-reactive ketones (excluding diaryl/α,β-unsaturated/α-hetero) is 1. The number of unbranched alkanes of at least 4 members (excludes halogenated alkanes) is 10. The molecule has 33 heavy (non-hydrogen) atoms. The fourth-order valence-corrected chi connectivity index (χ4v) is 5.34. The fourth-order valence-electron chi connectivity index (χ4n) is 4.73. The summed E-state index contributed by atoms with van der Waals surface area (Å²) in [5.74, 6) is 0.147. The minimum atomic E-state index is -0.243. The van der Waals surface area contributed by atoms with Gasteiger partial charge in [0.1, 0.15) is 0 Å². The summed E-state index contributed by atoms with van der Waals surface area (Å²) < 4.78 is 0.954. The van der Waals surface area contributed by atoms with E-state index >= 15 is 0 Å². The highest BCUT2D eigenvalue weighted by atomic mass is 79.9. The predicted molar refractivity (Wildman–Crippen MR) is 145 cm³/mol. The molecule has 2 rings (SSSR count). The second-order valence-corrected chi connectivity index (χ2v) is 10.6. The number of benzene rings is 1. The molecule has 1 aromatic carbocycles. The zero-order chi connectivity index (χ0) is 23.9. The van der Waals surface area contributed by atoms with Crippen molar-refractivity contribution in [1.29, 1.82) is 0 Å². The van der Waals surface area contributed by atoms with Crippen molar-refractivity contribution >= 4 is 33.3 Å². The summed E-state index contributed by atoms with van der Waals surface area (Å²) >= 11 is 10.2. The average Bonchev–Trinajstić information content (AvgIpc) is 2.84. The molecule has 0 bridgehead atoms. The van der Waals surface area contributed by atoms with Crippen LogP contribution in [0.25, 0.3) is 0 Å². The molecule has 0 spiro atoms. The van der Waals surface area contributed by atoms with Crippen LogP contribution in [0.5, 0.6) is 0 Å². The van der Waals surface area contributed by atoms with Crippen LogP contribution in [0.4, 0.5) is 0 Å². The highest BCUT2D eigenvalue weighted by Crippen LogP contribution is 2.38. The smallest absolute Gasteiger partial charge is 0.172 e. The molecule has 0 aliphatic rings. The maximum atomic E-state index is 13.6. The van der Waals surface area contributed by atoms with E-state index in [4.69, 9.17) is 11.6 Å². The van der Waals surface area contributed by atoms with Gasteiger partial charge in [-0.2, -0.15) is 0 Å². The topological polar surface area (TPSA) is 30.0 Å². The minimum absolute atomic E-state index is 0.123. The first-order chi connectivity index (χ1) is 16.1. The van der Waals surface area contributed by atoms with Gasteiger partial charge in [0.05, 0.1) is 5.92 Å². The Hall–Kier alpha value is -1.19. The van der Waals surface area contributed by atoms with Crippen LogP contribution in [0.2, 0.25) is 5.02 Å². The van der Waals surface area contributed by atoms with Gasteiger partial charge >= 0.3 is 0 Å². The predicted octanol–water partition coefficient (Wildman–Crippen LogP) is 10.2. The molecule has 0 N–H and O–H groups in total. The molecule has 0 saturated heterocycles. The maximum Gasteiger partial charge on any atom is 0.172 e. The van der Waals surface area contributed by atoms with Gasteiger partial charge in [-0.15, -0.1) is 0 Å². The first kappa shape index (κ1) is 28.1. The Labute approximate surface area is 215 Å². The van der Waals surface area contributed by atoms with E-state index < -0.39 is 0 Å². The molecule has 2 unspecified atom stereocenters. The van der Waals surface area contributed by atoms with Crippen molar-refractivity contribution in [2.24, 2.45) is 5.92 Å². The van der Waals surface area contributed by atoms with E-state index in [1.807, 2.05) is 30.3 Å². The molecular weight excluding hydrogens is 494 g/mol. The normalized spacial score (nSPS) is 13.1. The lowest BCUT2D eigenvalue weighted by molar-refractivity contribution is 0.0922. The first-order valence-electron chi connectivity index (χ1n) is 13.0. The molecule has 0 aliphatic heterocycles. The van der Waals surface area contributed by atoms with E-state index in [1.54, 1.807) is 12.4 Å². The SMILES string of the molecule is CCCCCCCCCCCCCC(CC)C(C(=O)c1cccnc1)c1cc(Br)ccc1Cl. The van der Waals surface area contributed by atoms with E-state index in [1.165, 1.54) is 64.2 Å². The number of aromatic nitrogens is 1. The third kappa shape index (κ3) is 9.91. The van der Waals surface area contributed by atoms with Crippen LogP contribution in [0.15, 0.2) is 47.2 Å². The third-order valence-electron chi connectivity index (χ3n) is 6.70. The molecule has 0 saturated carbocycles. The highest BCUT2D eigenvalue weighted by Gasteiger charge is 2.31.